The molecule has 9 nitrogen and oxygen atoms in total. The van der Waals surface area contributed by atoms with Gasteiger partial charge in [-0.3, -0.25) is 4.79 Å². The summed E-state index contributed by atoms with van der Waals surface area (Å²) in [6, 6.07) is 11.0. The van der Waals surface area contributed by atoms with E-state index >= 15 is 0 Å². The number of rotatable bonds is 9. The first kappa shape index (κ1) is 27.2. The molecular formula is C26H31N3O6S2. The summed E-state index contributed by atoms with van der Waals surface area (Å²) in [6.07, 6.45) is 0.987. The van der Waals surface area contributed by atoms with E-state index < -0.39 is 27.9 Å². The Morgan fingerprint density at radius 2 is 1.86 bits per heavy atom. The zero-order chi connectivity index (χ0) is 26.6. The van der Waals surface area contributed by atoms with Gasteiger partial charge in [-0.1, -0.05) is 29.0 Å². The normalized spacial score (nSPS) is 16.9. The molecule has 1 amide bonds. The third-order valence-corrected chi connectivity index (χ3v) is 9.14. The van der Waals surface area contributed by atoms with E-state index in [2.05, 4.69) is 4.99 Å². The second-order valence-electron chi connectivity index (χ2n) is 8.67. The lowest BCUT2D eigenvalue weighted by Gasteiger charge is -2.21. The van der Waals surface area contributed by atoms with Crippen molar-refractivity contribution in [2.45, 2.75) is 51.1 Å². The van der Waals surface area contributed by atoms with Gasteiger partial charge >= 0.3 is 5.97 Å². The number of aromatic nitrogens is 1. The van der Waals surface area contributed by atoms with E-state index in [1.807, 2.05) is 18.4 Å². The Hall–Kier alpha value is -2.86. The molecule has 4 rings (SSSR count). The smallest absolute Gasteiger partial charge is 0.338 e. The van der Waals surface area contributed by atoms with Crippen LogP contribution in [0.1, 0.15) is 42.6 Å². The van der Waals surface area contributed by atoms with Crippen molar-refractivity contribution in [3.8, 4) is 0 Å². The minimum atomic E-state index is -3.84. The van der Waals surface area contributed by atoms with Crippen LogP contribution in [0.4, 0.5) is 0 Å². The number of esters is 1. The molecule has 3 aromatic rings. The standard InChI is InChI=1S/C26H31N3O6S2/c1-4-34-16-15-28-21-13-10-19(25(31)35-5-2)17-23(21)36-26(28)27-24(30)22-7-6-14-29(22)37(32,33)20-11-8-18(3)9-12-20/h8-13,17,22H,4-7,14-16H2,1-3H3. The Balaban J connectivity index is 1.71. The van der Waals surface area contributed by atoms with E-state index in [1.54, 1.807) is 49.4 Å². The highest BCUT2D eigenvalue weighted by Gasteiger charge is 2.39. The molecule has 0 aliphatic carbocycles. The predicted molar refractivity (Wildman–Crippen MR) is 141 cm³/mol. The number of fused-ring (bicyclic) bond motifs is 1. The number of benzene rings is 2. The summed E-state index contributed by atoms with van der Waals surface area (Å²) in [4.78, 5) is 30.6. The van der Waals surface area contributed by atoms with E-state index in [0.29, 0.717) is 43.0 Å². The Kier molecular flexibility index (Phi) is 8.58. The predicted octanol–water partition coefficient (Wildman–Crippen LogP) is 3.51. The summed E-state index contributed by atoms with van der Waals surface area (Å²) in [6.45, 7) is 7.50. The van der Waals surface area contributed by atoms with Crippen molar-refractivity contribution in [1.29, 1.82) is 0 Å². The van der Waals surface area contributed by atoms with Crippen LogP contribution in [0.2, 0.25) is 0 Å². The second-order valence-corrected chi connectivity index (χ2v) is 11.6. The van der Waals surface area contributed by atoms with Crippen LogP contribution >= 0.6 is 11.3 Å². The lowest BCUT2D eigenvalue weighted by atomic mass is 10.2. The lowest BCUT2D eigenvalue weighted by Crippen LogP contribution is -2.40. The molecule has 1 atom stereocenters. The molecule has 0 radical (unpaired) electrons. The topological polar surface area (TPSA) is 107 Å². The molecule has 2 aromatic carbocycles. The molecule has 0 bridgehead atoms. The van der Waals surface area contributed by atoms with Gasteiger partial charge in [-0.05, 0) is 63.9 Å². The van der Waals surface area contributed by atoms with Gasteiger partial charge in [-0.2, -0.15) is 9.30 Å². The molecule has 37 heavy (non-hydrogen) atoms. The van der Waals surface area contributed by atoms with Crippen LogP contribution in [-0.2, 0) is 30.8 Å². The van der Waals surface area contributed by atoms with E-state index in [1.165, 1.54) is 15.6 Å². The Bertz CT molecular complexity index is 1460. The van der Waals surface area contributed by atoms with Crippen molar-refractivity contribution >= 4 is 43.5 Å². The number of aryl methyl sites for hydroxylation is 1. The number of amides is 1. The van der Waals surface area contributed by atoms with Crippen LogP contribution in [0.15, 0.2) is 52.4 Å². The largest absolute Gasteiger partial charge is 0.462 e. The van der Waals surface area contributed by atoms with Gasteiger partial charge in [-0.25, -0.2) is 13.2 Å². The number of carbonyl (C=O) groups excluding carboxylic acids is 2. The first-order valence-corrected chi connectivity index (χ1v) is 14.6. The molecule has 11 heteroatoms. The number of ether oxygens (including phenoxy) is 2. The summed E-state index contributed by atoms with van der Waals surface area (Å²) in [7, 11) is -3.84. The maximum Gasteiger partial charge on any atom is 0.338 e. The molecule has 1 aliphatic heterocycles. The summed E-state index contributed by atoms with van der Waals surface area (Å²) in [5.41, 5.74) is 2.17. The van der Waals surface area contributed by atoms with E-state index in [-0.39, 0.29) is 18.0 Å². The van der Waals surface area contributed by atoms with Crippen LogP contribution in [-0.4, -0.2) is 61.6 Å². The number of sulfonamides is 1. The molecule has 1 unspecified atom stereocenters. The zero-order valence-electron chi connectivity index (χ0n) is 21.2. The van der Waals surface area contributed by atoms with Gasteiger partial charge in [0.05, 0.1) is 33.9 Å². The molecule has 1 aliphatic rings. The van der Waals surface area contributed by atoms with E-state index in [0.717, 1.165) is 15.8 Å². The van der Waals surface area contributed by atoms with Crippen molar-refractivity contribution in [3.05, 3.63) is 58.4 Å². The fourth-order valence-electron chi connectivity index (χ4n) is 4.31. The molecule has 0 saturated carbocycles. The monoisotopic (exact) mass is 545 g/mol. The lowest BCUT2D eigenvalue weighted by molar-refractivity contribution is -0.121. The summed E-state index contributed by atoms with van der Waals surface area (Å²) in [5.74, 6) is -0.924. The van der Waals surface area contributed by atoms with Crippen LogP contribution in [0.5, 0.6) is 0 Å². The number of hydrogen-bond acceptors (Lipinski definition) is 7. The summed E-state index contributed by atoms with van der Waals surface area (Å²) < 4.78 is 41.2. The average molecular weight is 546 g/mol. The SMILES string of the molecule is CCOCCn1c(=NC(=O)C2CCCN2S(=O)(=O)c2ccc(C)cc2)sc2cc(C(=O)OCC)ccc21. The van der Waals surface area contributed by atoms with Crippen LogP contribution in [0.25, 0.3) is 10.2 Å². The first-order valence-electron chi connectivity index (χ1n) is 12.3. The van der Waals surface area contributed by atoms with Gasteiger partial charge in [0.2, 0.25) is 10.0 Å². The maximum atomic E-state index is 13.4. The number of carbonyl (C=O) groups is 2. The minimum absolute atomic E-state index is 0.165. The fourth-order valence-corrected chi connectivity index (χ4v) is 7.06. The Labute approximate surface area is 220 Å². The molecule has 2 heterocycles. The first-order chi connectivity index (χ1) is 17.8. The highest BCUT2D eigenvalue weighted by Crippen LogP contribution is 2.27. The van der Waals surface area contributed by atoms with Crippen LogP contribution in [0, 0.1) is 6.92 Å². The Morgan fingerprint density at radius 1 is 1.11 bits per heavy atom. The maximum absolute atomic E-state index is 13.4. The molecule has 1 saturated heterocycles. The highest BCUT2D eigenvalue weighted by molar-refractivity contribution is 7.89. The van der Waals surface area contributed by atoms with Crippen molar-refractivity contribution in [2.75, 3.05) is 26.4 Å². The molecule has 0 N–H and O–H groups in total. The van der Waals surface area contributed by atoms with Crippen molar-refractivity contribution in [2.24, 2.45) is 4.99 Å². The summed E-state index contributed by atoms with van der Waals surface area (Å²) in [5, 5.41) is 0. The molecule has 1 aromatic heterocycles. The summed E-state index contributed by atoms with van der Waals surface area (Å²) >= 11 is 1.27. The van der Waals surface area contributed by atoms with Gasteiger partial charge in [0, 0.05) is 19.7 Å². The van der Waals surface area contributed by atoms with E-state index in [9.17, 15) is 18.0 Å². The van der Waals surface area contributed by atoms with Crippen LogP contribution < -0.4 is 4.80 Å². The van der Waals surface area contributed by atoms with Gasteiger partial charge in [0.25, 0.3) is 5.91 Å². The Morgan fingerprint density at radius 3 is 2.57 bits per heavy atom. The second kappa shape index (κ2) is 11.7. The van der Waals surface area contributed by atoms with Gasteiger partial charge in [0.15, 0.2) is 4.80 Å². The quantitative estimate of drug-likeness (QED) is 0.301. The third-order valence-electron chi connectivity index (χ3n) is 6.18. The van der Waals surface area contributed by atoms with Crippen molar-refractivity contribution in [1.82, 2.24) is 8.87 Å². The van der Waals surface area contributed by atoms with Gasteiger partial charge in [-0.15, -0.1) is 0 Å². The molecular weight excluding hydrogens is 514 g/mol. The number of thiazole rings is 1. The zero-order valence-corrected chi connectivity index (χ0v) is 22.8. The van der Waals surface area contributed by atoms with Gasteiger partial charge in [0.1, 0.15) is 6.04 Å². The van der Waals surface area contributed by atoms with Crippen molar-refractivity contribution in [3.63, 3.8) is 0 Å². The fraction of sp³-hybridized carbons (Fsp3) is 0.423. The van der Waals surface area contributed by atoms with Crippen molar-refractivity contribution < 1.29 is 27.5 Å². The average Bonchev–Trinajstić information content (AvgIpc) is 3.50. The third kappa shape index (κ3) is 5.85. The number of nitrogens with zero attached hydrogens (tertiary/aromatic N) is 3. The van der Waals surface area contributed by atoms with Crippen LogP contribution in [0.3, 0.4) is 0 Å². The molecule has 1 fully saturated rings. The van der Waals surface area contributed by atoms with E-state index in [4.69, 9.17) is 9.47 Å². The molecule has 0 spiro atoms. The minimum Gasteiger partial charge on any atom is -0.462 e. The highest BCUT2D eigenvalue weighted by atomic mass is 32.2. The number of hydrogen-bond donors (Lipinski definition) is 0. The molecule has 198 valence electrons. The van der Waals surface area contributed by atoms with Gasteiger partial charge < -0.3 is 14.0 Å².